The van der Waals surface area contributed by atoms with Crippen LogP contribution in [0.1, 0.15) is 19.4 Å². The van der Waals surface area contributed by atoms with Gasteiger partial charge in [0, 0.05) is 18.2 Å². The summed E-state index contributed by atoms with van der Waals surface area (Å²) in [4.78, 5) is 16.8. The van der Waals surface area contributed by atoms with Crippen molar-refractivity contribution < 1.29 is 14.3 Å². The summed E-state index contributed by atoms with van der Waals surface area (Å²) in [6.45, 7) is 4.65. The van der Waals surface area contributed by atoms with Crippen LogP contribution in [0.4, 0.5) is 5.69 Å². The Morgan fingerprint density at radius 3 is 2.46 bits per heavy atom. The van der Waals surface area contributed by atoms with Crippen LogP contribution in [0.2, 0.25) is 5.02 Å². The van der Waals surface area contributed by atoms with Crippen LogP contribution >= 0.6 is 11.6 Å². The third-order valence-corrected chi connectivity index (χ3v) is 3.92. The molecular formula is C18H21ClN2O3. The van der Waals surface area contributed by atoms with Crippen LogP contribution < -0.4 is 10.1 Å². The monoisotopic (exact) mass is 348 g/mol. The number of methoxy groups -OCH3 is 1. The highest BCUT2D eigenvalue weighted by Gasteiger charge is 2.29. The van der Waals surface area contributed by atoms with Gasteiger partial charge < -0.3 is 14.8 Å². The van der Waals surface area contributed by atoms with Gasteiger partial charge in [0.1, 0.15) is 6.61 Å². The minimum absolute atomic E-state index is 0.125. The number of aromatic nitrogens is 1. The van der Waals surface area contributed by atoms with Crippen LogP contribution in [0.3, 0.4) is 0 Å². The van der Waals surface area contributed by atoms with Gasteiger partial charge in [0.15, 0.2) is 0 Å². The van der Waals surface area contributed by atoms with E-state index in [-0.39, 0.29) is 5.91 Å². The van der Waals surface area contributed by atoms with Crippen LogP contribution in [0.15, 0.2) is 42.6 Å². The number of hydrogen-bond acceptors (Lipinski definition) is 4. The highest BCUT2D eigenvalue weighted by molar-refractivity contribution is 6.30. The van der Waals surface area contributed by atoms with Crippen molar-refractivity contribution in [1.29, 1.82) is 0 Å². The average molecular weight is 349 g/mol. The van der Waals surface area contributed by atoms with Gasteiger partial charge in [-0.25, -0.2) is 4.98 Å². The molecule has 2 aromatic rings. The Labute approximate surface area is 147 Å². The number of rotatable bonds is 7. The summed E-state index contributed by atoms with van der Waals surface area (Å²) in [5.41, 5.74) is 0.802. The third kappa shape index (κ3) is 4.69. The summed E-state index contributed by atoms with van der Waals surface area (Å²) >= 11 is 5.90. The molecule has 0 aliphatic heterocycles. The minimum Gasteiger partial charge on any atom is -0.475 e. The second kappa shape index (κ2) is 8.13. The highest BCUT2D eigenvalue weighted by atomic mass is 35.5. The number of nitrogens with zero attached hydrogens (tertiary/aromatic N) is 1. The number of amides is 1. The van der Waals surface area contributed by atoms with Gasteiger partial charge >= 0.3 is 0 Å². The Balaban J connectivity index is 2.01. The molecule has 128 valence electrons. The lowest BCUT2D eigenvalue weighted by molar-refractivity contribution is -0.120. The minimum atomic E-state index is -0.696. The molecule has 1 aromatic heterocycles. The predicted octanol–water partition coefficient (Wildman–Crippen LogP) is 3.68. The third-order valence-electron chi connectivity index (χ3n) is 3.67. The first-order chi connectivity index (χ1) is 11.4. The molecule has 1 N–H and O–H groups in total. The molecule has 0 aliphatic rings. The molecule has 0 atom stereocenters. The number of hydrogen-bond donors (Lipinski definition) is 1. The fourth-order valence-corrected chi connectivity index (χ4v) is 2.18. The SMILES string of the molecule is COCCOc1ccc(NC(=O)C(C)(C)c2ccc(Cl)cc2)cn1. The smallest absolute Gasteiger partial charge is 0.234 e. The first-order valence-electron chi connectivity index (χ1n) is 7.59. The lowest BCUT2D eigenvalue weighted by Gasteiger charge is -2.24. The van der Waals surface area contributed by atoms with E-state index in [9.17, 15) is 4.79 Å². The second-order valence-electron chi connectivity index (χ2n) is 5.81. The van der Waals surface area contributed by atoms with E-state index in [0.717, 1.165) is 5.56 Å². The summed E-state index contributed by atoms with van der Waals surface area (Å²) in [6, 6.07) is 10.7. The Morgan fingerprint density at radius 1 is 1.17 bits per heavy atom. The van der Waals surface area contributed by atoms with Gasteiger partial charge in [-0.15, -0.1) is 0 Å². The van der Waals surface area contributed by atoms with Crippen molar-refractivity contribution in [1.82, 2.24) is 4.98 Å². The zero-order valence-electron chi connectivity index (χ0n) is 14.0. The number of carbonyl (C=O) groups excluding carboxylic acids is 1. The molecule has 5 nitrogen and oxygen atoms in total. The number of pyridine rings is 1. The lowest BCUT2D eigenvalue weighted by atomic mass is 9.83. The van der Waals surface area contributed by atoms with E-state index in [1.165, 1.54) is 0 Å². The normalized spacial score (nSPS) is 11.2. The number of ether oxygens (including phenoxy) is 2. The molecule has 0 saturated carbocycles. The molecule has 2 rings (SSSR count). The topological polar surface area (TPSA) is 60.5 Å². The Morgan fingerprint density at radius 2 is 1.88 bits per heavy atom. The molecule has 1 heterocycles. The summed E-state index contributed by atoms with van der Waals surface area (Å²) in [6.07, 6.45) is 1.57. The van der Waals surface area contributed by atoms with Crippen molar-refractivity contribution in [2.45, 2.75) is 19.3 Å². The zero-order valence-corrected chi connectivity index (χ0v) is 14.8. The second-order valence-corrected chi connectivity index (χ2v) is 6.25. The van der Waals surface area contributed by atoms with E-state index in [1.807, 2.05) is 26.0 Å². The Kier molecular flexibility index (Phi) is 6.17. The van der Waals surface area contributed by atoms with Crippen LogP contribution in [-0.4, -0.2) is 31.2 Å². The van der Waals surface area contributed by atoms with Crippen LogP contribution in [-0.2, 0) is 14.9 Å². The molecule has 1 amide bonds. The van der Waals surface area contributed by atoms with Crippen molar-refractivity contribution in [2.24, 2.45) is 0 Å². The molecular weight excluding hydrogens is 328 g/mol. The van der Waals surface area contributed by atoms with Crippen molar-refractivity contribution in [3.05, 3.63) is 53.2 Å². The van der Waals surface area contributed by atoms with Gasteiger partial charge in [-0.05, 0) is 37.6 Å². The van der Waals surface area contributed by atoms with Gasteiger partial charge in [0.25, 0.3) is 0 Å². The maximum Gasteiger partial charge on any atom is 0.234 e. The summed E-state index contributed by atoms with van der Waals surface area (Å²) in [5, 5.41) is 3.52. The van der Waals surface area contributed by atoms with Crippen molar-refractivity contribution in [2.75, 3.05) is 25.6 Å². The number of halogens is 1. The van der Waals surface area contributed by atoms with Gasteiger partial charge in [0.05, 0.1) is 23.9 Å². The maximum absolute atomic E-state index is 12.6. The first-order valence-corrected chi connectivity index (χ1v) is 7.96. The lowest BCUT2D eigenvalue weighted by Crippen LogP contribution is -2.34. The average Bonchev–Trinajstić information content (AvgIpc) is 2.57. The Bertz CT molecular complexity index is 670. The molecule has 24 heavy (non-hydrogen) atoms. The predicted molar refractivity (Wildman–Crippen MR) is 94.7 cm³/mol. The largest absolute Gasteiger partial charge is 0.475 e. The van der Waals surface area contributed by atoms with Gasteiger partial charge in [-0.1, -0.05) is 23.7 Å². The van der Waals surface area contributed by atoms with Gasteiger partial charge in [0.2, 0.25) is 11.8 Å². The van der Waals surface area contributed by atoms with Crippen molar-refractivity contribution in [3.63, 3.8) is 0 Å². The van der Waals surface area contributed by atoms with Gasteiger partial charge in [-0.3, -0.25) is 4.79 Å². The van der Waals surface area contributed by atoms with E-state index in [0.29, 0.717) is 29.8 Å². The fraction of sp³-hybridized carbons (Fsp3) is 0.333. The van der Waals surface area contributed by atoms with E-state index < -0.39 is 5.41 Å². The molecule has 0 radical (unpaired) electrons. The van der Waals surface area contributed by atoms with E-state index in [1.54, 1.807) is 37.6 Å². The molecule has 0 saturated heterocycles. The van der Waals surface area contributed by atoms with Crippen LogP contribution in [0.5, 0.6) is 5.88 Å². The number of anilines is 1. The van der Waals surface area contributed by atoms with Gasteiger partial charge in [-0.2, -0.15) is 0 Å². The number of nitrogens with one attached hydrogen (secondary N) is 1. The molecule has 0 spiro atoms. The van der Waals surface area contributed by atoms with E-state index in [2.05, 4.69) is 10.3 Å². The molecule has 0 unspecified atom stereocenters. The summed E-state index contributed by atoms with van der Waals surface area (Å²) in [5.74, 6) is 0.363. The summed E-state index contributed by atoms with van der Waals surface area (Å²) in [7, 11) is 1.61. The fourth-order valence-electron chi connectivity index (χ4n) is 2.05. The van der Waals surface area contributed by atoms with Crippen LogP contribution in [0, 0.1) is 0 Å². The Hall–Kier alpha value is -2.11. The summed E-state index contributed by atoms with van der Waals surface area (Å²) < 4.78 is 10.3. The quantitative estimate of drug-likeness (QED) is 0.775. The standard InChI is InChI=1S/C18H21ClN2O3/c1-18(2,13-4-6-14(19)7-5-13)17(22)21-15-8-9-16(20-12-15)24-11-10-23-3/h4-9,12H,10-11H2,1-3H3,(H,21,22). The molecule has 0 aliphatic carbocycles. The number of carbonyl (C=O) groups is 1. The van der Waals surface area contributed by atoms with Crippen molar-refractivity contribution in [3.8, 4) is 5.88 Å². The van der Waals surface area contributed by atoms with E-state index >= 15 is 0 Å². The maximum atomic E-state index is 12.6. The number of benzene rings is 1. The molecule has 1 aromatic carbocycles. The van der Waals surface area contributed by atoms with Crippen LogP contribution in [0.25, 0.3) is 0 Å². The zero-order chi connectivity index (χ0) is 17.6. The first kappa shape index (κ1) is 18.2. The van der Waals surface area contributed by atoms with E-state index in [4.69, 9.17) is 21.1 Å². The molecule has 0 fully saturated rings. The molecule has 6 heteroatoms. The van der Waals surface area contributed by atoms with Crippen molar-refractivity contribution >= 4 is 23.2 Å². The highest BCUT2D eigenvalue weighted by Crippen LogP contribution is 2.26. The molecule has 0 bridgehead atoms.